The zero-order chi connectivity index (χ0) is 7.68. The number of halogens is 1. The summed E-state index contributed by atoms with van der Waals surface area (Å²) in [7, 11) is 0. The molecule has 11 heavy (non-hydrogen) atoms. The molecule has 1 aromatic heterocycles. The van der Waals surface area contributed by atoms with E-state index >= 15 is 0 Å². The van der Waals surface area contributed by atoms with Crippen LogP contribution in [0.3, 0.4) is 0 Å². The van der Waals surface area contributed by atoms with Crippen molar-refractivity contribution in [3.8, 4) is 0 Å². The van der Waals surface area contributed by atoms with Gasteiger partial charge in [-0.05, 0) is 28.8 Å². The molecule has 0 aromatic carbocycles. The average Bonchev–Trinajstić information content (AvgIpc) is 2.55. The van der Waals surface area contributed by atoms with E-state index in [2.05, 4.69) is 26.1 Å². The van der Waals surface area contributed by atoms with Crippen LogP contribution in [0.25, 0.3) is 0 Å². The van der Waals surface area contributed by atoms with Crippen LogP contribution in [0.4, 0.5) is 0 Å². The first-order chi connectivity index (χ1) is 5.36. The normalized spacial score (nSPS) is 19.4. The Balaban J connectivity index is 2.15. The summed E-state index contributed by atoms with van der Waals surface area (Å²) in [6.07, 6.45) is 6.87. The molecule has 1 heterocycles. The first-order valence-corrected chi connectivity index (χ1v) is 4.73. The van der Waals surface area contributed by atoms with Crippen LogP contribution in [-0.2, 0) is 0 Å². The third-order valence-electron chi connectivity index (χ3n) is 2.13. The molecule has 1 aliphatic carbocycles. The van der Waals surface area contributed by atoms with E-state index in [1.54, 1.807) is 6.20 Å². The Morgan fingerprint density at radius 1 is 1.45 bits per heavy atom. The van der Waals surface area contributed by atoms with Crippen molar-refractivity contribution < 1.29 is 0 Å². The fourth-order valence-corrected chi connectivity index (χ4v) is 1.82. The topological polar surface area (TPSA) is 30.7 Å². The summed E-state index contributed by atoms with van der Waals surface area (Å²) in [5, 5.41) is 8.37. The Morgan fingerprint density at radius 2 is 2.18 bits per heavy atom. The minimum Gasteiger partial charge on any atom is -0.181 e. The maximum Gasteiger partial charge on any atom is 0.148 e. The molecule has 0 spiro atoms. The largest absolute Gasteiger partial charge is 0.181 e. The molecule has 4 heteroatoms. The molecule has 1 saturated carbocycles. The van der Waals surface area contributed by atoms with Crippen LogP contribution in [0.1, 0.15) is 31.7 Å². The maximum atomic E-state index is 4.21. The van der Waals surface area contributed by atoms with Crippen LogP contribution in [0.15, 0.2) is 10.8 Å². The van der Waals surface area contributed by atoms with Gasteiger partial charge in [-0.25, -0.2) is 0 Å². The van der Waals surface area contributed by atoms with E-state index < -0.39 is 0 Å². The van der Waals surface area contributed by atoms with Gasteiger partial charge in [-0.3, -0.25) is 0 Å². The van der Waals surface area contributed by atoms with Gasteiger partial charge in [0.05, 0.1) is 12.2 Å². The molecule has 1 aromatic rings. The highest BCUT2D eigenvalue weighted by Crippen LogP contribution is 2.28. The fourth-order valence-electron chi connectivity index (χ4n) is 1.57. The van der Waals surface area contributed by atoms with E-state index in [4.69, 9.17) is 0 Å². The molecule has 0 unspecified atom stereocenters. The first kappa shape index (κ1) is 7.28. The lowest BCUT2D eigenvalue weighted by molar-refractivity contribution is 0.412. The van der Waals surface area contributed by atoms with Gasteiger partial charge in [0.1, 0.15) is 4.60 Å². The van der Waals surface area contributed by atoms with Crippen LogP contribution in [0.5, 0.6) is 0 Å². The standard InChI is InChI=1S/C7H10BrN3/c8-7-5-9-11(10-7)6-3-1-2-4-6/h5-6H,1-4H2. The van der Waals surface area contributed by atoms with E-state index in [0.29, 0.717) is 6.04 Å². The summed E-state index contributed by atoms with van der Waals surface area (Å²) in [5.74, 6) is 0. The average molecular weight is 216 g/mol. The molecule has 0 atom stereocenters. The van der Waals surface area contributed by atoms with Crippen LogP contribution >= 0.6 is 15.9 Å². The van der Waals surface area contributed by atoms with Gasteiger partial charge in [0.15, 0.2) is 0 Å². The summed E-state index contributed by atoms with van der Waals surface area (Å²) >= 11 is 3.28. The highest BCUT2D eigenvalue weighted by atomic mass is 79.9. The van der Waals surface area contributed by atoms with Gasteiger partial charge < -0.3 is 0 Å². The van der Waals surface area contributed by atoms with Crippen molar-refractivity contribution >= 4 is 15.9 Å². The number of aromatic nitrogens is 3. The lowest BCUT2D eigenvalue weighted by Crippen LogP contribution is -2.07. The molecule has 0 N–H and O–H groups in total. The SMILES string of the molecule is Brc1cnn(C2CCCC2)n1. The Bertz CT molecular complexity index is 240. The lowest BCUT2D eigenvalue weighted by Gasteiger charge is -2.05. The molecule has 0 saturated heterocycles. The predicted molar refractivity (Wildman–Crippen MR) is 45.2 cm³/mol. The molecule has 0 aliphatic heterocycles. The number of rotatable bonds is 1. The molecule has 60 valence electrons. The monoisotopic (exact) mass is 215 g/mol. The quantitative estimate of drug-likeness (QED) is 0.720. The van der Waals surface area contributed by atoms with Crippen molar-refractivity contribution in [2.75, 3.05) is 0 Å². The maximum absolute atomic E-state index is 4.21. The van der Waals surface area contributed by atoms with Crippen molar-refractivity contribution in [3.63, 3.8) is 0 Å². The Labute approximate surface area is 73.9 Å². The van der Waals surface area contributed by atoms with Gasteiger partial charge in [-0.1, -0.05) is 12.8 Å². The van der Waals surface area contributed by atoms with Gasteiger partial charge in [0, 0.05) is 0 Å². The smallest absolute Gasteiger partial charge is 0.148 e. The number of hydrogen-bond acceptors (Lipinski definition) is 2. The summed E-state index contributed by atoms with van der Waals surface area (Å²) in [4.78, 5) is 1.83. The Kier molecular flexibility index (Phi) is 1.94. The van der Waals surface area contributed by atoms with E-state index in [9.17, 15) is 0 Å². The van der Waals surface area contributed by atoms with Crippen LogP contribution < -0.4 is 0 Å². The molecule has 1 aliphatic rings. The Hall–Kier alpha value is -0.380. The Morgan fingerprint density at radius 3 is 2.73 bits per heavy atom. The predicted octanol–water partition coefficient (Wildman–Crippen LogP) is 2.16. The molecular weight excluding hydrogens is 206 g/mol. The molecule has 1 fully saturated rings. The summed E-state index contributed by atoms with van der Waals surface area (Å²) in [6.45, 7) is 0. The minimum atomic E-state index is 0.557. The molecule has 0 bridgehead atoms. The third-order valence-corrected chi connectivity index (χ3v) is 2.50. The molecule has 3 nitrogen and oxygen atoms in total. The molecular formula is C7H10BrN3. The lowest BCUT2D eigenvalue weighted by atomic mass is 10.3. The highest BCUT2D eigenvalue weighted by Gasteiger charge is 2.18. The summed E-state index contributed by atoms with van der Waals surface area (Å²) in [6, 6.07) is 0.557. The van der Waals surface area contributed by atoms with Crippen molar-refractivity contribution in [3.05, 3.63) is 10.8 Å². The van der Waals surface area contributed by atoms with Crippen LogP contribution in [-0.4, -0.2) is 15.0 Å². The van der Waals surface area contributed by atoms with E-state index in [1.807, 2.05) is 4.80 Å². The van der Waals surface area contributed by atoms with Crippen LogP contribution in [0, 0.1) is 0 Å². The van der Waals surface area contributed by atoms with Crippen LogP contribution in [0.2, 0.25) is 0 Å². The summed E-state index contributed by atoms with van der Waals surface area (Å²) < 4.78 is 0.837. The van der Waals surface area contributed by atoms with Crippen molar-refractivity contribution in [1.29, 1.82) is 0 Å². The van der Waals surface area contributed by atoms with Gasteiger partial charge in [0.25, 0.3) is 0 Å². The van der Waals surface area contributed by atoms with Gasteiger partial charge in [-0.15, -0.1) is 5.10 Å². The second kappa shape index (κ2) is 2.93. The van der Waals surface area contributed by atoms with E-state index in [1.165, 1.54) is 25.7 Å². The second-order valence-corrected chi connectivity index (χ2v) is 3.74. The molecule has 2 rings (SSSR count). The van der Waals surface area contributed by atoms with Gasteiger partial charge in [0.2, 0.25) is 0 Å². The highest BCUT2D eigenvalue weighted by molar-refractivity contribution is 9.10. The van der Waals surface area contributed by atoms with Crippen molar-refractivity contribution in [1.82, 2.24) is 15.0 Å². The van der Waals surface area contributed by atoms with Gasteiger partial charge >= 0.3 is 0 Å². The van der Waals surface area contributed by atoms with Gasteiger partial charge in [-0.2, -0.15) is 9.90 Å². The number of hydrogen-bond donors (Lipinski definition) is 0. The molecule has 0 radical (unpaired) electrons. The number of nitrogens with zero attached hydrogens (tertiary/aromatic N) is 3. The second-order valence-electron chi connectivity index (χ2n) is 2.93. The minimum absolute atomic E-state index is 0.557. The molecule has 0 amide bonds. The zero-order valence-corrected chi connectivity index (χ0v) is 7.79. The summed E-state index contributed by atoms with van der Waals surface area (Å²) in [5.41, 5.74) is 0. The third kappa shape index (κ3) is 1.45. The first-order valence-electron chi connectivity index (χ1n) is 3.93. The van der Waals surface area contributed by atoms with E-state index in [-0.39, 0.29) is 0 Å². The van der Waals surface area contributed by atoms with Crippen molar-refractivity contribution in [2.45, 2.75) is 31.7 Å². The fraction of sp³-hybridized carbons (Fsp3) is 0.714. The zero-order valence-electron chi connectivity index (χ0n) is 6.20. The van der Waals surface area contributed by atoms with Crippen molar-refractivity contribution in [2.24, 2.45) is 0 Å². The van der Waals surface area contributed by atoms with E-state index in [0.717, 1.165) is 4.60 Å².